The molecule has 4 rings (SSSR count). The summed E-state index contributed by atoms with van der Waals surface area (Å²) in [5, 5.41) is 4.06. The lowest BCUT2D eigenvalue weighted by molar-refractivity contribution is -0.125. The first-order valence-electron chi connectivity index (χ1n) is 11.3. The summed E-state index contributed by atoms with van der Waals surface area (Å²) in [4.78, 5) is 3.08. The zero-order valence-corrected chi connectivity index (χ0v) is 18.6. The van der Waals surface area contributed by atoms with Crippen LogP contribution in [0, 0.1) is 40.4 Å². The van der Waals surface area contributed by atoms with Crippen molar-refractivity contribution in [3.05, 3.63) is 10.4 Å². The highest BCUT2D eigenvalue weighted by atomic mass is 32.3. The second-order valence-electron chi connectivity index (χ2n) is 10.8. The van der Waals surface area contributed by atoms with Crippen molar-refractivity contribution in [2.45, 2.75) is 90.7 Å². The largest absolute Gasteiger partial charge is 0.397 e. The van der Waals surface area contributed by atoms with Crippen molar-refractivity contribution in [3.8, 4) is 0 Å². The minimum atomic E-state index is -4.38. The summed E-state index contributed by atoms with van der Waals surface area (Å²) >= 11 is 0. The van der Waals surface area contributed by atoms with E-state index in [4.69, 9.17) is 14.3 Å². The van der Waals surface area contributed by atoms with Crippen LogP contribution < -0.4 is 0 Å². The molecule has 4 saturated carbocycles. The van der Waals surface area contributed by atoms with Crippen LogP contribution >= 0.6 is 0 Å². The number of hydrogen-bond acceptors (Lipinski definition) is 4. The van der Waals surface area contributed by atoms with Gasteiger partial charge in [-0.25, -0.2) is 4.18 Å². The number of hydrogen-bond donors (Lipinski definition) is 1. The molecule has 0 aromatic rings. The van der Waals surface area contributed by atoms with Crippen LogP contribution in [0.5, 0.6) is 0 Å². The molecule has 164 valence electrons. The summed E-state index contributed by atoms with van der Waals surface area (Å²) in [6, 6.07) is 0.0616. The third kappa shape index (κ3) is 3.60. The molecule has 4 fully saturated rings. The number of fused-ring (bicyclic) bond motifs is 5. The summed E-state index contributed by atoms with van der Waals surface area (Å²) in [6.45, 7) is 6.95. The summed E-state index contributed by atoms with van der Waals surface area (Å²) in [7, 11) is -4.38. The second kappa shape index (κ2) is 7.40. The van der Waals surface area contributed by atoms with Crippen molar-refractivity contribution in [1.29, 1.82) is 0 Å². The van der Waals surface area contributed by atoms with Crippen LogP contribution in [-0.2, 0) is 14.6 Å². The Bertz CT molecular complexity index is 798. The van der Waals surface area contributed by atoms with E-state index in [0.717, 1.165) is 31.6 Å². The predicted molar refractivity (Wildman–Crippen MR) is 110 cm³/mol. The molecule has 0 heterocycles. The van der Waals surface area contributed by atoms with Crippen LogP contribution in [0.4, 0.5) is 0 Å². The maximum absolute atomic E-state index is 11.2. The predicted octanol–water partition coefficient (Wildman–Crippen LogP) is 5.53. The molecule has 7 nitrogen and oxygen atoms in total. The third-order valence-corrected chi connectivity index (χ3v) is 10.3. The molecule has 0 bridgehead atoms. The molecule has 0 aliphatic heterocycles. The monoisotopic (exact) mass is 425 g/mol. The van der Waals surface area contributed by atoms with Crippen molar-refractivity contribution < 1.29 is 17.2 Å². The molecule has 29 heavy (non-hydrogen) atoms. The standard InChI is InChI=1S/C21H35N3O4S/c1-13(23-24-22)17-6-7-18-16-5-4-14-12-15(28-29(25,26)27)8-10-20(14,2)19(16)9-11-21(17,18)3/h13-19H,4-12H2,1-3H3,(H,25,26,27)/t13?,14-,15?,16?,17+,18?,19?,20+,21-/m1/s1. The average Bonchev–Trinajstić information content (AvgIpc) is 2.98. The number of azide groups is 1. The first-order chi connectivity index (χ1) is 13.6. The van der Waals surface area contributed by atoms with Gasteiger partial charge in [-0.05, 0) is 104 Å². The molecule has 0 aromatic carbocycles. The molecule has 4 aliphatic rings. The van der Waals surface area contributed by atoms with Crippen LogP contribution in [0.3, 0.4) is 0 Å². The molecule has 4 aliphatic carbocycles. The van der Waals surface area contributed by atoms with Gasteiger partial charge in [-0.2, -0.15) is 8.42 Å². The van der Waals surface area contributed by atoms with E-state index in [1.54, 1.807) is 0 Å². The molecule has 0 radical (unpaired) electrons. The van der Waals surface area contributed by atoms with Gasteiger partial charge in [0.05, 0.1) is 6.10 Å². The lowest BCUT2D eigenvalue weighted by atomic mass is 9.44. The summed E-state index contributed by atoms with van der Waals surface area (Å²) in [6.07, 6.45) is 9.16. The Morgan fingerprint density at radius 1 is 1.07 bits per heavy atom. The number of nitrogens with zero attached hydrogens (tertiary/aromatic N) is 3. The van der Waals surface area contributed by atoms with Crippen molar-refractivity contribution in [3.63, 3.8) is 0 Å². The van der Waals surface area contributed by atoms with Gasteiger partial charge in [-0.3, -0.25) is 4.55 Å². The van der Waals surface area contributed by atoms with Gasteiger partial charge < -0.3 is 0 Å². The molecule has 1 N–H and O–H groups in total. The summed E-state index contributed by atoms with van der Waals surface area (Å²) in [5.41, 5.74) is 9.42. The molecule has 0 spiro atoms. The Morgan fingerprint density at radius 2 is 1.76 bits per heavy atom. The summed E-state index contributed by atoms with van der Waals surface area (Å²) < 4.78 is 36.3. The molecular weight excluding hydrogens is 390 g/mol. The van der Waals surface area contributed by atoms with Gasteiger partial charge in [0.25, 0.3) is 0 Å². The second-order valence-corrected chi connectivity index (χ2v) is 11.8. The molecule has 5 unspecified atom stereocenters. The van der Waals surface area contributed by atoms with Crippen LogP contribution in [0.1, 0.15) is 78.6 Å². The minimum absolute atomic E-state index is 0.0616. The SMILES string of the molecule is CC(N=[N+]=[N-])[C@@H]1CCC2C3CC[C@@H]4CC(OS(=O)(=O)O)CC[C@]4(C)C3CC[C@@]21C. The van der Waals surface area contributed by atoms with Crippen LogP contribution in [0.15, 0.2) is 5.11 Å². The normalized spacial score (nSPS) is 48.0. The van der Waals surface area contributed by atoms with Gasteiger partial charge in [-0.1, -0.05) is 25.9 Å². The van der Waals surface area contributed by atoms with E-state index >= 15 is 0 Å². The zero-order chi connectivity index (χ0) is 21.0. The third-order valence-electron chi connectivity index (χ3n) is 9.76. The highest BCUT2D eigenvalue weighted by Gasteiger charge is 2.60. The van der Waals surface area contributed by atoms with E-state index in [1.807, 2.05) is 0 Å². The van der Waals surface area contributed by atoms with Crippen molar-refractivity contribution in [1.82, 2.24) is 0 Å². The van der Waals surface area contributed by atoms with Crippen LogP contribution in [0.2, 0.25) is 0 Å². The Balaban J connectivity index is 1.52. The lowest BCUT2D eigenvalue weighted by Crippen LogP contribution is -2.54. The highest BCUT2D eigenvalue weighted by molar-refractivity contribution is 7.80. The quantitative estimate of drug-likeness (QED) is 0.276. The first kappa shape index (κ1) is 21.4. The molecule has 9 atom stereocenters. The van der Waals surface area contributed by atoms with Crippen LogP contribution in [0.25, 0.3) is 10.4 Å². The van der Waals surface area contributed by atoms with Crippen LogP contribution in [-0.4, -0.2) is 25.1 Å². The Kier molecular flexibility index (Phi) is 5.46. The van der Waals surface area contributed by atoms with E-state index in [-0.39, 0.29) is 23.0 Å². The first-order valence-corrected chi connectivity index (χ1v) is 12.6. The summed E-state index contributed by atoms with van der Waals surface area (Å²) in [5.74, 6) is 3.05. The Labute approximate surface area is 174 Å². The Morgan fingerprint density at radius 3 is 2.45 bits per heavy atom. The molecule has 0 aromatic heterocycles. The van der Waals surface area contributed by atoms with Gasteiger partial charge in [0.2, 0.25) is 0 Å². The van der Waals surface area contributed by atoms with E-state index in [9.17, 15) is 8.42 Å². The molecule has 8 heteroatoms. The molecule has 0 amide bonds. The maximum Gasteiger partial charge on any atom is 0.397 e. The van der Waals surface area contributed by atoms with Gasteiger partial charge in [0.15, 0.2) is 0 Å². The fraction of sp³-hybridized carbons (Fsp3) is 1.00. The number of rotatable bonds is 4. The molecule has 0 saturated heterocycles. The highest BCUT2D eigenvalue weighted by Crippen LogP contribution is 2.68. The fourth-order valence-corrected chi connectivity index (χ4v) is 8.99. The zero-order valence-electron chi connectivity index (χ0n) is 17.8. The topological polar surface area (TPSA) is 112 Å². The Hall–Kier alpha value is -0.820. The van der Waals surface area contributed by atoms with Gasteiger partial charge in [-0.15, -0.1) is 0 Å². The smallest absolute Gasteiger partial charge is 0.264 e. The minimum Gasteiger partial charge on any atom is -0.264 e. The lowest BCUT2D eigenvalue weighted by Gasteiger charge is -2.61. The van der Waals surface area contributed by atoms with Gasteiger partial charge >= 0.3 is 10.4 Å². The van der Waals surface area contributed by atoms with E-state index < -0.39 is 10.4 Å². The fourth-order valence-electron chi connectivity index (χ4n) is 8.47. The van der Waals surface area contributed by atoms with E-state index in [0.29, 0.717) is 30.1 Å². The van der Waals surface area contributed by atoms with Crippen molar-refractivity contribution in [2.24, 2.45) is 45.5 Å². The maximum atomic E-state index is 11.2. The van der Waals surface area contributed by atoms with Crippen molar-refractivity contribution >= 4 is 10.4 Å². The van der Waals surface area contributed by atoms with Crippen molar-refractivity contribution in [2.75, 3.05) is 0 Å². The average molecular weight is 426 g/mol. The molecular formula is C21H35N3O4S. The van der Waals surface area contributed by atoms with E-state index in [2.05, 4.69) is 30.8 Å². The van der Waals surface area contributed by atoms with Gasteiger partial charge in [0.1, 0.15) is 0 Å². The van der Waals surface area contributed by atoms with Gasteiger partial charge in [0, 0.05) is 11.0 Å². The van der Waals surface area contributed by atoms with E-state index in [1.165, 1.54) is 25.7 Å².